The lowest BCUT2D eigenvalue weighted by molar-refractivity contribution is -0.275. The molecule has 0 unspecified atom stereocenters. The first kappa shape index (κ1) is 22.1. The quantitative estimate of drug-likeness (QED) is 0.500. The number of hydrogen-bond donors (Lipinski definition) is 0. The topological polar surface area (TPSA) is 36.9 Å². The minimum Gasteiger partial charge on any atom is -0.485 e. The minimum absolute atomic E-state index is 0.00556. The van der Waals surface area contributed by atoms with Crippen LogP contribution in [0, 0.1) is 0 Å². The normalized spacial score (nSPS) is 18.3. The summed E-state index contributed by atoms with van der Waals surface area (Å²) in [4.78, 5) is 0. The summed E-state index contributed by atoms with van der Waals surface area (Å²) in [6.45, 7) is 14.7. The molecule has 0 spiro atoms. The summed E-state index contributed by atoms with van der Waals surface area (Å²) in [5, 5.41) is 0. The maximum Gasteiger partial charge on any atom is 0.573 e. The molecular weight excluding hydrogens is 372 g/mol. The molecular formula is C20H24BF3O4. The third kappa shape index (κ3) is 5.42. The molecule has 0 amide bonds. The lowest BCUT2D eigenvalue weighted by Gasteiger charge is -2.32. The molecule has 0 bridgehead atoms. The van der Waals surface area contributed by atoms with Gasteiger partial charge in [-0.05, 0) is 50.9 Å². The van der Waals surface area contributed by atoms with Crippen LogP contribution < -0.4 is 14.9 Å². The van der Waals surface area contributed by atoms with E-state index in [2.05, 4.69) is 17.9 Å². The highest BCUT2D eigenvalue weighted by molar-refractivity contribution is 6.62. The van der Waals surface area contributed by atoms with Gasteiger partial charge in [0.2, 0.25) is 0 Å². The summed E-state index contributed by atoms with van der Waals surface area (Å²) in [6, 6.07) is 4.20. The molecule has 8 heteroatoms. The monoisotopic (exact) mass is 396 g/mol. The van der Waals surface area contributed by atoms with E-state index in [1.165, 1.54) is 12.1 Å². The van der Waals surface area contributed by atoms with E-state index in [0.717, 1.165) is 0 Å². The van der Waals surface area contributed by atoms with E-state index in [9.17, 15) is 13.2 Å². The van der Waals surface area contributed by atoms with Crippen molar-refractivity contribution in [2.24, 2.45) is 0 Å². The van der Waals surface area contributed by atoms with E-state index in [4.69, 9.17) is 14.0 Å². The Morgan fingerprint density at radius 2 is 1.75 bits per heavy atom. The molecule has 28 heavy (non-hydrogen) atoms. The van der Waals surface area contributed by atoms with Crippen LogP contribution in [0.3, 0.4) is 0 Å². The molecule has 152 valence electrons. The Hall–Kier alpha value is -2.19. The highest BCUT2D eigenvalue weighted by Crippen LogP contribution is 2.38. The minimum atomic E-state index is -4.87. The zero-order valence-electron chi connectivity index (χ0n) is 16.4. The molecule has 0 radical (unpaired) electrons. The zero-order valence-corrected chi connectivity index (χ0v) is 16.4. The van der Waals surface area contributed by atoms with Crippen molar-refractivity contribution in [2.75, 3.05) is 6.61 Å². The molecule has 1 aromatic rings. The average molecular weight is 396 g/mol. The second-order valence-electron chi connectivity index (χ2n) is 7.38. The van der Waals surface area contributed by atoms with Crippen molar-refractivity contribution in [3.8, 4) is 11.5 Å². The first-order valence-corrected chi connectivity index (χ1v) is 8.70. The summed E-state index contributed by atoms with van der Waals surface area (Å²) in [5.41, 5.74) is -0.274. The fraction of sp³-hybridized carbons (Fsp3) is 0.400. The van der Waals surface area contributed by atoms with Gasteiger partial charge in [-0.2, -0.15) is 0 Å². The molecule has 0 aliphatic carbocycles. The Morgan fingerprint density at radius 3 is 2.29 bits per heavy atom. The molecule has 1 aliphatic rings. The van der Waals surface area contributed by atoms with Crippen LogP contribution in [0.15, 0.2) is 55.2 Å². The summed E-state index contributed by atoms with van der Waals surface area (Å²) >= 11 is 0. The predicted molar refractivity (Wildman–Crippen MR) is 103 cm³/mol. The molecule has 0 atom stereocenters. The standard InChI is InChI=1S/C20H24BF3O4/c1-7-8-9-14(2)13-25-16-11-10-15(12-17(16)26-20(22,23)24)21-27-18(3,4)19(5,6)28-21/h7-12H,1-2,13H2,3-6H3/b9-8-. The molecule has 4 nitrogen and oxygen atoms in total. The molecule has 1 saturated heterocycles. The molecule has 1 fully saturated rings. The van der Waals surface area contributed by atoms with Crippen molar-refractivity contribution in [1.29, 1.82) is 0 Å². The van der Waals surface area contributed by atoms with Gasteiger partial charge in [0.25, 0.3) is 0 Å². The highest BCUT2D eigenvalue weighted by Gasteiger charge is 2.52. The first-order valence-electron chi connectivity index (χ1n) is 8.70. The van der Waals surface area contributed by atoms with Crippen LogP contribution in [-0.2, 0) is 9.31 Å². The Morgan fingerprint density at radius 1 is 1.14 bits per heavy atom. The lowest BCUT2D eigenvalue weighted by Crippen LogP contribution is -2.41. The number of alkyl halides is 3. The summed E-state index contributed by atoms with van der Waals surface area (Å²) in [6.07, 6.45) is -0.00854. The second kappa shape index (κ2) is 8.05. The maximum absolute atomic E-state index is 12.9. The van der Waals surface area contributed by atoms with Gasteiger partial charge in [0, 0.05) is 0 Å². The van der Waals surface area contributed by atoms with Gasteiger partial charge >= 0.3 is 13.5 Å². The van der Waals surface area contributed by atoms with Gasteiger partial charge < -0.3 is 18.8 Å². The largest absolute Gasteiger partial charge is 0.573 e. The lowest BCUT2D eigenvalue weighted by atomic mass is 9.79. The van der Waals surface area contributed by atoms with Crippen molar-refractivity contribution < 1.29 is 32.0 Å². The van der Waals surface area contributed by atoms with Gasteiger partial charge in [0.15, 0.2) is 11.5 Å². The van der Waals surface area contributed by atoms with E-state index in [1.807, 2.05) is 27.7 Å². The van der Waals surface area contributed by atoms with Gasteiger partial charge in [-0.25, -0.2) is 0 Å². The van der Waals surface area contributed by atoms with Gasteiger partial charge in [0.1, 0.15) is 6.61 Å². The molecule has 1 heterocycles. The SMILES string of the molecule is C=C/C=C\C(=C)COc1ccc(B2OC(C)(C)C(C)(C)O2)cc1OC(F)(F)F. The number of allylic oxidation sites excluding steroid dienone is 2. The van der Waals surface area contributed by atoms with Crippen molar-refractivity contribution >= 4 is 12.6 Å². The van der Waals surface area contributed by atoms with E-state index in [1.54, 1.807) is 24.3 Å². The number of benzene rings is 1. The molecule has 0 aromatic heterocycles. The van der Waals surface area contributed by atoms with Gasteiger partial charge in [-0.1, -0.05) is 37.5 Å². The summed E-state index contributed by atoms with van der Waals surface area (Å²) in [5.74, 6) is -0.536. The second-order valence-corrected chi connectivity index (χ2v) is 7.38. The number of hydrogen-bond acceptors (Lipinski definition) is 4. The molecule has 1 aliphatic heterocycles. The third-order valence-corrected chi connectivity index (χ3v) is 4.60. The van der Waals surface area contributed by atoms with E-state index < -0.39 is 30.4 Å². The fourth-order valence-electron chi connectivity index (χ4n) is 2.40. The maximum atomic E-state index is 12.9. The van der Waals surface area contributed by atoms with Crippen molar-refractivity contribution in [3.05, 3.63) is 55.2 Å². The average Bonchev–Trinajstić information content (AvgIpc) is 2.78. The molecule has 1 aromatic carbocycles. The third-order valence-electron chi connectivity index (χ3n) is 4.60. The zero-order chi connectivity index (χ0) is 21.2. The molecule has 0 saturated carbocycles. The van der Waals surface area contributed by atoms with E-state index in [-0.39, 0.29) is 12.4 Å². The molecule has 2 rings (SSSR count). The number of halogens is 3. The van der Waals surface area contributed by atoms with Crippen LogP contribution in [0.25, 0.3) is 0 Å². The van der Waals surface area contributed by atoms with E-state index >= 15 is 0 Å². The van der Waals surface area contributed by atoms with Gasteiger partial charge in [-0.3, -0.25) is 0 Å². The van der Waals surface area contributed by atoms with E-state index in [0.29, 0.717) is 11.0 Å². The Kier molecular flexibility index (Phi) is 6.36. The van der Waals surface area contributed by atoms with Crippen LogP contribution in [-0.4, -0.2) is 31.3 Å². The van der Waals surface area contributed by atoms with Gasteiger partial charge in [0.05, 0.1) is 11.2 Å². The van der Waals surface area contributed by atoms with Crippen LogP contribution in [0.2, 0.25) is 0 Å². The fourth-order valence-corrected chi connectivity index (χ4v) is 2.40. The Bertz CT molecular complexity index is 753. The van der Waals surface area contributed by atoms with Crippen molar-refractivity contribution in [3.63, 3.8) is 0 Å². The van der Waals surface area contributed by atoms with Crippen LogP contribution >= 0.6 is 0 Å². The Balaban J connectivity index is 2.26. The predicted octanol–water partition coefficient (Wildman–Crippen LogP) is 4.56. The van der Waals surface area contributed by atoms with Crippen LogP contribution in [0.1, 0.15) is 27.7 Å². The highest BCUT2D eigenvalue weighted by atomic mass is 19.4. The van der Waals surface area contributed by atoms with Crippen LogP contribution in [0.5, 0.6) is 11.5 Å². The number of rotatable bonds is 7. The summed E-state index contributed by atoms with van der Waals surface area (Å²) in [7, 11) is -0.819. The van der Waals surface area contributed by atoms with Gasteiger partial charge in [-0.15, -0.1) is 13.2 Å². The van der Waals surface area contributed by atoms with Crippen molar-refractivity contribution in [2.45, 2.75) is 45.3 Å². The Labute approximate surface area is 163 Å². The first-order chi connectivity index (χ1) is 12.8. The summed E-state index contributed by atoms with van der Waals surface area (Å²) < 4.78 is 60.0. The van der Waals surface area contributed by atoms with Crippen LogP contribution in [0.4, 0.5) is 13.2 Å². The molecule has 0 N–H and O–H groups in total. The van der Waals surface area contributed by atoms with Crippen molar-refractivity contribution in [1.82, 2.24) is 0 Å². The smallest absolute Gasteiger partial charge is 0.485 e. The number of ether oxygens (including phenoxy) is 2.